The molecule has 1 aliphatic rings. The van der Waals surface area contributed by atoms with Crippen LogP contribution in [0.4, 0.5) is 4.79 Å². The number of likely N-dealkylation sites (tertiary alicyclic amines) is 1. The van der Waals surface area contributed by atoms with Gasteiger partial charge in [0.15, 0.2) is 0 Å². The van der Waals surface area contributed by atoms with Gasteiger partial charge in [0.05, 0.1) is 0 Å². The molecular weight excluding hydrogens is 300 g/mol. The molecule has 24 heavy (non-hydrogen) atoms. The number of carbonyl (C=O) groups excluding carboxylic acids is 1. The van der Waals surface area contributed by atoms with E-state index < -0.39 is 5.60 Å². The van der Waals surface area contributed by atoms with Gasteiger partial charge in [-0.15, -0.1) is 0 Å². The Morgan fingerprint density at radius 3 is 2.42 bits per heavy atom. The summed E-state index contributed by atoms with van der Waals surface area (Å²) in [7, 11) is 0. The number of benzene rings is 1. The van der Waals surface area contributed by atoms with E-state index >= 15 is 0 Å². The van der Waals surface area contributed by atoms with Gasteiger partial charge < -0.3 is 10.1 Å². The molecule has 1 amide bonds. The molecule has 4 unspecified atom stereocenters. The van der Waals surface area contributed by atoms with Crippen LogP contribution in [-0.2, 0) is 11.3 Å². The maximum atomic E-state index is 12.1. The quantitative estimate of drug-likeness (QED) is 0.902. The highest BCUT2D eigenvalue weighted by atomic mass is 16.6. The van der Waals surface area contributed by atoms with Gasteiger partial charge in [-0.25, -0.2) is 4.79 Å². The van der Waals surface area contributed by atoms with E-state index in [9.17, 15) is 4.79 Å². The van der Waals surface area contributed by atoms with Gasteiger partial charge in [-0.3, -0.25) is 4.90 Å². The van der Waals surface area contributed by atoms with Gasteiger partial charge in [0, 0.05) is 24.7 Å². The van der Waals surface area contributed by atoms with Crippen LogP contribution in [0.3, 0.4) is 0 Å². The summed E-state index contributed by atoms with van der Waals surface area (Å²) >= 11 is 0. The molecule has 4 heteroatoms. The standard InChI is InChI=1S/C20H32N2O2/c1-14-12-18(21-19(23)24-20(4,5)6)15(2)16(3)22(14)13-17-10-8-7-9-11-17/h7-11,14-16,18H,12-13H2,1-6H3,(H,21,23). The predicted octanol–water partition coefficient (Wildman–Crippen LogP) is 4.20. The van der Waals surface area contributed by atoms with Crippen molar-refractivity contribution in [2.24, 2.45) is 5.92 Å². The molecule has 1 saturated heterocycles. The zero-order valence-corrected chi connectivity index (χ0v) is 15.9. The minimum absolute atomic E-state index is 0.150. The average Bonchev–Trinajstić information content (AvgIpc) is 2.48. The molecule has 1 N–H and O–H groups in total. The molecule has 1 aromatic rings. The van der Waals surface area contributed by atoms with Gasteiger partial charge in [0.1, 0.15) is 5.60 Å². The summed E-state index contributed by atoms with van der Waals surface area (Å²) in [6.45, 7) is 13.3. The molecule has 1 aromatic carbocycles. The normalized spacial score (nSPS) is 28.4. The van der Waals surface area contributed by atoms with Crippen molar-refractivity contribution >= 4 is 6.09 Å². The van der Waals surface area contributed by atoms with Gasteiger partial charge in [0.25, 0.3) is 0 Å². The molecule has 0 spiro atoms. The molecule has 134 valence electrons. The number of rotatable bonds is 3. The highest BCUT2D eigenvalue weighted by Crippen LogP contribution is 2.29. The Balaban J connectivity index is 1.99. The number of amides is 1. The number of carbonyl (C=O) groups is 1. The van der Waals surface area contributed by atoms with Crippen LogP contribution in [0.1, 0.15) is 53.5 Å². The summed E-state index contributed by atoms with van der Waals surface area (Å²) in [5, 5.41) is 3.08. The third kappa shape index (κ3) is 4.97. The molecule has 1 fully saturated rings. The molecule has 0 aromatic heterocycles. The van der Waals surface area contributed by atoms with Gasteiger partial charge in [-0.05, 0) is 52.5 Å². The highest BCUT2D eigenvalue weighted by Gasteiger charge is 2.37. The second-order valence-corrected chi connectivity index (χ2v) is 8.10. The summed E-state index contributed by atoms with van der Waals surface area (Å²) in [5.74, 6) is 0.373. The Hall–Kier alpha value is -1.55. The zero-order chi connectivity index (χ0) is 17.9. The number of nitrogens with one attached hydrogen (secondary N) is 1. The Morgan fingerprint density at radius 1 is 1.21 bits per heavy atom. The van der Waals surface area contributed by atoms with Crippen LogP contribution >= 0.6 is 0 Å². The van der Waals surface area contributed by atoms with Crippen LogP contribution in [-0.4, -0.2) is 34.7 Å². The molecule has 1 aliphatic heterocycles. The smallest absolute Gasteiger partial charge is 0.407 e. The molecule has 0 aliphatic carbocycles. The van der Waals surface area contributed by atoms with E-state index in [2.05, 4.69) is 61.3 Å². The first-order valence-corrected chi connectivity index (χ1v) is 8.96. The SMILES string of the molecule is CC1C(NC(=O)OC(C)(C)C)CC(C)N(Cc2ccccc2)C1C. The maximum absolute atomic E-state index is 12.1. The van der Waals surface area contributed by atoms with Crippen LogP contribution in [0.5, 0.6) is 0 Å². The van der Waals surface area contributed by atoms with E-state index in [0.717, 1.165) is 13.0 Å². The van der Waals surface area contributed by atoms with Crippen molar-refractivity contribution in [2.75, 3.05) is 0 Å². The van der Waals surface area contributed by atoms with Crippen molar-refractivity contribution < 1.29 is 9.53 Å². The highest BCUT2D eigenvalue weighted by molar-refractivity contribution is 5.68. The van der Waals surface area contributed by atoms with Crippen molar-refractivity contribution in [3.63, 3.8) is 0 Å². The van der Waals surface area contributed by atoms with Crippen LogP contribution in [0.2, 0.25) is 0 Å². The Kier molecular flexibility index (Phi) is 5.92. The predicted molar refractivity (Wildman–Crippen MR) is 97.8 cm³/mol. The fraction of sp³-hybridized carbons (Fsp3) is 0.650. The third-order valence-electron chi connectivity index (χ3n) is 4.99. The van der Waals surface area contributed by atoms with Gasteiger partial charge in [0.2, 0.25) is 0 Å². The fourth-order valence-electron chi connectivity index (χ4n) is 3.50. The third-order valence-corrected chi connectivity index (χ3v) is 4.99. The minimum atomic E-state index is -0.460. The average molecular weight is 332 g/mol. The van der Waals surface area contributed by atoms with Crippen molar-refractivity contribution in [3.05, 3.63) is 35.9 Å². The summed E-state index contributed by atoms with van der Waals surface area (Å²) in [4.78, 5) is 14.6. The molecule has 2 rings (SSSR count). The molecule has 1 heterocycles. The minimum Gasteiger partial charge on any atom is -0.444 e. The van der Waals surface area contributed by atoms with Crippen molar-refractivity contribution in [3.8, 4) is 0 Å². The van der Waals surface area contributed by atoms with Crippen LogP contribution in [0.25, 0.3) is 0 Å². The Morgan fingerprint density at radius 2 is 1.83 bits per heavy atom. The molecule has 0 saturated carbocycles. The number of ether oxygens (including phenoxy) is 1. The van der Waals surface area contributed by atoms with Crippen molar-refractivity contribution in [1.82, 2.24) is 10.2 Å². The first kappa shape index (κ1) is 18.8. The van der Waals surface area contributed by atoms with Crippen LogP contribution in [0.15, 0.2) is 30.3 Å². The first-order valence-electron chi connectivity index (χ1n) is 8.96. The maximum Gasteiger partial charge on any atom is 0.407 e. The molecule has 0 bridgehead atoms. The second-order valence-electron chi connectivity index (χ2n) is 8.10. The van der Waals surface area contributed by atoms with Gasteiger partial charge >= 0.3 is 6.09 Å². The lowest BCUT2D eigenvalue weighted by molar-refractivity contribution is 0.0184. The van der Waals surface area contributed by atoms with Crippen LogP contribution in [0, 0.1) is 5.92 Å². The lowest BCUT2D eigenvalue weighted by atomic mass is 9.83. The van der Waals surface area contributed by atoms with Crippen molar-refractivity contribution in [1.29, 1.82) is 0 Å². The van der Waals surface area contributed by atoms with E-state index in [1.165, 1.54) is 5.56 Å². The summed E-state index contributed by atoms with van der Waals surface area (Å²) in [6.07, 6.45) is 0.632. The van der Waals surface area contributed by atoms with E-state index in [-0.39, 0.29) is 12.1 Å². The monoisotopic (exact) mass is 332 g/mol. The summed E-state index contributed by atoms with van der Waals surface area (Å²) < 4.78 is 5.42. The summed E-state index contributed by atoms with van der Waals surface area (Å²) in [5.41, 5.74) is 0.875. The number of alkyl carbamates (subject to hydrolysis) is 1. The Bertz CT molecular complexity index is 538. The Labute approximate surface area is 146 Å². The van der Waals surface area contributed by atoms with Gasteiger partial charge in [-0.1, -0.05) is 37.3 Å². The molecule has 4 nitrogen and oxygen atoms in total. The topological polar surface area (TPSA) is 41.6 Å². The lowest BCUT2D eigenvalue weighted by Gasteiger charge is -2.47. The second kappa shape index (κ2) is 7.56. The lowest BCUT2D eigenvalue weighted by Crippen LogP contribution is -2.57. The van der Waals surface area contributed by atoms with Gasteiger partial charge in [-0.2, -0.15) is 0 Å². The van der Waals surface area contributed by atoms with Crippen LogP contribution < -0.4 is 5.32 Å². The van der Waals surface area contributed by atoms with E-state index in [1.54, 1.807) is 0 Å². The van der Waals surface area contributed by atoms with Crippen molar-refractivity contribution in [2.45, 2.75) is 78.2 Å². The zero-order valence-electron chi connectivity index (χ0n) is 15.9. The molecule has 0 radical (unpaired) electrons. The molecular formula is C20H32N2O2. The number of piperidine rings is 1. The fourth-order valence-corrected chi connectivity index (χ4v) is 3.50. The van der Waals surface area contributed by atoms with E-state index in [0.29, 0.717) is 18.0 Å². The number of hydrogen-bond acceptors (Lipinski definition) is 3. The molecule has 4 atom stereocenters. The summed E-state index contributed by atoms with van der Waals surface area (Å²) in [6, 6.07) is 11.5. The van der Waals surface area contributed by atoms with E-state index in [4.69, 9.17) is 4.74 Å². The number of hydrogen-bond donors (Lipinski definition) is 1. The number of nitrogens with zero attached hydrogens (tertiary/aromatic N) is 1. The largest absolute Gasteiger partial charge is 0.444 e. The first-order chi connectivity index (χ1) is 11.2. The van der Waals surface area contributed by atoms with E-state index in [1.807, 2.05) is 20.8 Å².